The summed E-state index contributed by atoms with van der Waals surface area (Å²) in [4.78, 5) is 67.1. The SMILES string of the molecule is O=C(OC[C@H]1O[C@@H](N2C(=O)C(=O)c3cc(I)ccc32)[C@H](OC(=O)c2ccccc2)[C@@H]1OC(=O)c1ccccc1)c1ccccc1. The first-order chi connectivity index (χ1) is 21.8. The van der Waals surface area contributed by atoms with E-state index in [1.807, 2.05) is 22.6 Å². The second-order valence-corrected chi connectivity index (χ2v) is 11.4. The van der Waals surface area contributed by atoms with Crippen molar-refractivity contribution >= 4 is 57.9 Å². The molecule has 0 aromatic heterocycles. The monoisotopic (exact) mass is 717 g/mol. The number of halogens is 1. The highest BCUT2D eigenvalue weighted by atomic mass is 127. The van der Waals surface area contributed by atoms with Crippen LogP contribution in [0.1, 0.15) is 41.4 Å². The van der Waals surface area contributed by atoms with Gasteiger partial charge in [0.1, 0.15) is 12.7 Å². The number of ether oxygens (including phenoxy) is 4. The number of nitrogens with zero attached hydrogens (tertiary/aromatic N) is 1. The molecule has 0 saturated carbocycles. The van der Waals surface area contributed by atoms with Crippen molar-refractivity contribution in [3.8, 4) is 0 Å². The van der Waals surface area contributed by atoms with Crippen molar-refractivity contribution < 1.29 is 42.9 Å². The largest absolute Gasteiger partial charge is 0.459 e. The third kappa shape index (κ3) is 6.22. The van der Waals surface area contributed by atoms with Crippen molar-refractivity contribution in [3.63, 3.8) is 0 Å². The van der Waals surface area contributed by atoms with E-state index in [0.717, 1.165) is 8.47 Å². The maximum Gasteiger partial charge on any atom is 0.338 e. The Morgan fingerprint density at radius 3 is 1.76 bits per heavy atom. The minimum atomic E-state index is -1.42. The normalized spacial score (nSPS) is 20.4. The number of carbonyl (C=O) groups is 5. The van der Waals surface area contributed by atoms with Gasteiger partial charge >= 0.3 is 23.8 Å². The third-order valence-corrected chi connectivity index (χ3v) is 7.98. The van der Waals surface area contributed by atoms with E-state index in [1.54, 1.807) is 109 Å². The molecule has 2 aliphatic rings. The molecule has 4 aromatic rings. The van der Waals surface area contributed by atoms with Crippen LogP contribution in [-0.4, -0.2) is 60.7 Å². The molecule has 0 unspecified atom stereocenters. The second kappa shape index (κ2) is 13.0. The highest BCUT2D eigenvalue weighted by Gasteiger charge is 2.56. The summed E-state index contributed by atoms with van der Waals surface area (Å²) in [6.07, 6.45) is -5.38. The summed E-state index contributed by atoms with van der Waals surface area (Å²) in [5, 5.41) is 0. The van der Waals surface area contributed by atoms with Gasteiger partial charge in [0, 0.05) is 3.57 Å². The minimum absolute atomic E-state index is 0.153. The van der Waals surface area contributed by atoms with Gasteiger partial charge in [0.15, 0.2) is 18.4 Å². The van der Waals surface area contributed by atoms with E-state index in [1.165, 1.54) is 0 Å². The number of rotatable bonds is 8. The molecule has 2 aliphatic heterocycles. The average molecular weight is 717 g/mol. The first kappa shape index (κ1) is 30.2. The minimum Gasteiger partial charge on any atom is -0.459 e. The van der Waals surface area contributed by atoms with Gasteiger partial charge in [0.2, 0.25) is 0 Å². The lowest BCUT2D eigenvalue weighted by Crippen LogP contribution is -2.49. The van der Waals surface area contributed by atoms with E-state index in [9.17, 15) is 24.0 Å². The Hall–Kier alpha value is -4.88. The molecular weight excluding hydrogens is 693 g/mol. The van der Waals surface area contributed by atoms with E-state index in [4.69, 9.17) is 18.9 Å². The summed E-state index contributed by atoms with van der Waals surface area (Å²) >= 11 is 2.03. The number of hydrogen-bond acceptors (Lipinski definition) is 9. The molecule has 45 heavy (non-hydrogen) atoms. The van der Waals surface area contributed by atoms with Crippen molar-refractivity contribution in [1.82, 2.24) is 0 Å². The van der Waals surface area contributed by atoms with E-state index in [0.29, 0.717) is 0 Å². The van der Waals surface area contributed by atoms with E-state index in [2.05, 4.69) is 0 Å². The lowest BCUT2D eigenvalue weighted by atomic mass is 10.1. The van der Waals surface area contributed by atoms with Crippen LogP contribution in [-0.2, 0) is 23.7 Å². The van der Waals surface area contributed by atoms with Crippen LogP contribution in [0.3, 0.4) is 0 Å². The lowest BCUT2D eigenvalue weighted by molar-refractivity contribution is -0.118. The molecule has 10 nitrogen and oxygen atoms in total. The molecule has 0 N–H and O–H groups in total. The van der Waals surface area contributed by atoms with Crippen LogP contribution in [0.15, 0.2) is 109 Å². The van der Waals surface area contributed by atoms with Gasteiger partial charge in [-0.2, -0.15) is 0 Å². The number of fused-ring (bicyclic) bond motifs is 1. The van der Waals surface area contributed by atoms with Crippen LogP contribution < -0.4 is 4.90 Å². The summed E-state index contributed by atoms with van der Waals surface area (Å²) in [5.74, 6) is -3.88. The molecule has 1 saturated heterocycles. The molecule has 1 amide bonds. The smallest absolute Gasteiger partial charge is 0.338 e. The molecular formula is C34H24INO9. The predicted octanol–water partition coefficient (Wildman–Crippen LogP) is 4.85. The van der Waals surface area contributed by atoms with E-state index in [-0.39, 0.29) is 27.9 Å². The van der Waals surface area contributed by atoms with Crippen molar-refractivity contribution in [2.75, 3.05) is 11.5 Å². The molecule has 11 heteroatoms. The fourth-order valence-electron chi connectivity index (χ4n) is 5.15. The molecule has 0 spiro atoms. The number of ketones is 1. The lowest BCUT2D eigenvalue weighted by Gasteiger charge is -2.29. The summed E-state index contributed by atoms with van der Waals surface area (Å²) < 4.78 is 24.4. The first-order valence-electron chi connectivity index (χ1n) is 13.9. The summed E-state index contributed by atoms with van der Waals surface area (Å²) in [5.41, 5.74) is 1.08. The molecule has 1 fully saturated rings. The molecule has 4 aromatic carbocycles. The highest BCUT2D eigenvalue weighted by Crippen LogP contribution is 2.39. The van der Waals surface area contributed by atoms with Gasteiger partial charge in [-0.1, -0.05) is 54.6 Å². The number of hydrogen-bond donors (Lipinski definition) is 0. The topological polar surface area (TPSA) is 126 Å². The summed E-state index contributed by atoms with van der Waals surface area (Å²) in [6.45, 7) is -0.425. The second-order valence-electron chi connectivity index (χ2n) is 10.2. The van der Waals surface area contributed by atoms with Crippen molar-refractivity contribution in [2.45, 2.75) is 24.5 Å². The number of carbonyl (C=O) groups excluding carboxylic acids is 5. The van der Waals surface area contributed by atoms with Crippen LogP contribution in [0, 0.1) is 3.57 Å². The molecule has 0 radical (unpaired) electrons. The summed E-state index contributed by atoms with van der Waals surface area (Å²) in [7, 11) is 0. The van der Waals surface area contributed by atoms with Crippen LogP contribution >= 0.6 is 22.6 Å². The van der Waals surface area contributed by atoms with Crippen LogP contribution in [0.2, 0.25) is 0 Å². The quantitative estimate of drug-likeness (QED) is 0.109. The Kier molecular flexibility index (Phi) is 8.71. The molecule has 0 bridgehead atoms. The Labute approximate surface area is 271 Å². The zero-order valence-corrected chi connectivity index (χ0v) is 25.6. The van der Waals surface area contributed by atoms with Gasteiger partial charge in [0.25, 0.3) is 5.78 Å². The Morgan fingerprint density at radius 2 is 1.20 bits per heavy atom. The molecule has 2 heterocycles. The van der Waals surface area contributed by atoms with Crippen LogP contribution in [0.4, 0.5) is 5.69 Å². The Balaban J connectivity index is 1.38. The predicted molar refractivity (Wildman–Crippen MR) is 168 cm³/mol. The van der Waals surface area contributed by atoms with Gasteiger partial charge in [0.05, 0.1) is 27.9 Å². The highest BCUT2D eigenvalue weighted by molar-refractivity contribution is 14.1. The Morgan fingerprint density at radius 1 is 0.689 bits per heavy atom. The Bertz CT molecular complexity index is 1760. The summed E-state index contributed by atoms with van der Waals surface area (Å²) in [6, 6.07) is 29.4. The van der Waals surface area contributed by atoms with E-state index >= 15 is 0 Å². The number of Topliss-reactive ketones (excluding diaryl/α,β-unsaturated/α-hetero) is 1. The van der Waals surface area contributed by atoms with Crippen molar-refractivity contribution in [3.05, 3.63) is 135 Å². The first-order valence-corrected chi connectivity index (χ1v) is 15.0. The maximum absolute atomic E-state index is 13.4. The van der Waals surface area contributed by atoms with Gasteiger partial charge < -0.3 is 18.9 Å². The fraction of sp³-hybridized carbons (Fsp3) is 0.147. The van der Waals surface area contributed by atoms with Crippen LogP contribution in [0.25, 0.3) is 0 Å². The van der Waals surface area contributed by atoms with Gasteiger partial charge in [-0.05, 0) is 77.2 Å². The van der Waals surface area contributed by atoms with Crippen molar-refractivity contribution in [2.24, 2.45) is 0 Å². The molecule has 0 aliphatic carbocycles. The number of amides is 1. The zero-order valence-electron chi connectivity index (χ0n) is 23.4. The fourth-order valence-corrected chi connectivity index (χ4v) is 5.64. The van der Waals surface area contributed by atoms with Gasteiger partial charge in [-0.3, -0.25) is 14.5 Å². The zero-order chi connectivity index (χ0) is 31.5. The standard InChI is InChI=1S/C34H24INO9/c35-23-16-17-25-24(18-23)27(37)30(38)36(25)31-29(45-34(41)22-14-8-3-9-15-22)28(44-33(40)21-12-6-2-7-13-21)26(43-31)19-42-32(39)20-10-4-1-5-11-20/h1-18,26,28-29,31H,19H2/t26-,28-,29-,31-/m1/s1. The van der Waals surface area contributed by atoms with Gasteiger partial charge in [-0.15, -0.1) is 0 Å². The van der Waals surface area contributed by atoms with Crippen molar-refractivity contribution in [1.29, 1.82) is 0 Å². The van der Waals surface area contributed by atoms with Gasteiger partial charge in [-0.25, -0.2) is 14.4 Å². The number of esters is 3. The number of anilines is 1. The molecule has 4 atom stereocenters. The molecule has 6 rings (SSSR count). The van der Waals surface area contributed by atoms with Crippen LogP contribution in [0.5, 0.6) is 0 Å². The maximum atomic E-state index is 13.4. The number of benzene rings is 4. The molecule has 226 valence electrons. The van der Waals surface area contributed by atoms with E-state index < -0.39 is 60.7 Å². The third-order valence-electron chi connectivity index (χ3n) is 7.31. The average Bonchev–Trinajstić information content (AvgIpc) is 3.52.